The molecule has 17 heavy (non-hydrogen) atoms. The van der Waals surface area contributed by atoms with Gasteiger partial charge in [-0.25, -0.2) is 4.98 Å². The molecule has 0 aromatic carbocycles. The maximum Gasteiger partial charge on any atom is 0.138 e. The first-order chi connectivity index (χ1) is 8.05. The molecule has 96 valence electrons. The Morgan fingerprint density at radius 1 is 1.53 bits per heavy atom. The van der Waals surface area contributed by atoms with Crippen molar-refractivity contribution in [2.75, 3.05) is 0 Å². The number of nitrogens with zero attached hydrogens (tertiary/aromatic N) is 3. The van der Waals surface area contributed by atoms with Crippen molar-refractivity contribution >= 4 is 0 Å². The van der Waals surface area contributed by atoms with Gasteiger partial charge in [0.15, 0.2) is 0 Å². The van der Waals surface area contributed by atoms with Crippen LogP contribution in [0.4, 0.5) is 0 Å². The van der Waals surface area contributed by atoms with Crippen molar-refractivity contribution in [2.45, 2.75) is 58.6 Å². The molecule has 1 aliphatic carbocycles. The minimum atomic E-state index is -0.591. The molecule has 4 heteroatoms. The van der Waals surface area contributed by atoms with Gasteiger partial charge in [0.1, 0.15) is 12.2 Å². The van der Waals surface area contributed by atoms with E-state index in [0.29, 0.717) is 12.3 Å². The Kier molecular flexibility index (Phi) is 3.52. The van der Waals surface area contributed by atoms with Gasteiger partial charge in [-0.3, -0.25) is 4.68 Å². The second-order valence-electron chi connectivity index (χ2n) is 5.55. The Labute approximate surface area is 103 Å². The minimum absolute atomic E-state index is 0.341. The van der Waals surface area contributed by atoms with E-state index in [9.17, 15) is 5.11 Å². The van der Waals surface area contributed by atoms with E-state index in [0.717, 1.165) is 37.5 Å². The van der Waals surface area contributed by atoms with E-state index in [1.54, 1.807) is 6.33 Å². The molecule has 1 aliphatic rings. The van der Waals surface area contributed by atoms with E-state index in [1.807, 2.05) is 4.68 Å². The molecule has 0 radical (unpaired) electrons. The van der Waals surface area contributed by atoms with Gasteiger partial charge in [0, 0.05) is 13.0 Å². The van der Waals surface area contributed by atoms with Crippen LogP contribution in [0.1, 0.15) is 45.9 Å². The molecule has 1 aromatic heterocycles. The summed E-state index contributed by atoms with van der Waals surface area (Å²) in [6, 6.07) is 0. The fraction of sp³-hybridized carbons (Fsp3) is 0.846. The maximum absolute atomic E-state index is 10.8. The molecule has 0 spiro atoms. The quantitative estimate of drug-likeness (QED) is 0.875. The zero-order chi connectivity index (χ0) is 12.5. The van der Waals surface area contributed by atoms with Crippen LogP contribution in [0.5, 0.6) is 0 Å². The lowest BCUT2D eigenvalue weighted by Gasteiger charge is -2.40. The van der Waals surface area contributed by atoms with Crippen molar-refractivity contribution in [3.63, 3.8) is 0 Å². The molecule has 0 aliphatic heterocycles. The molecule has 3 unspecified atom stereocenters. The lowest BCUT2D eigenvalue weighted by Crippen LogP contribution is -2.43. The van der Waals surface area contributed by atoms with Crippen molar-refractivity contribution in [3.05, 3.63) is 12.2 Å². The normalized spacial score (nSPS) is 33.9. The lowest BCUT2D eigenvalue weighted by molar-refractivity contribution is -0.0542. The first-order valence-electron chi connectivity index (χ1n) is 6.64. The first-order valence-corrected chi connectivity index (χ1v) is 6.64. The fourth-order valence-corrected chi connectivity index (χ4v) is 2.91. The molecule has 1 heterocycles. The standard InChI is InChI=1S/C13H23N3O/c1-4-16-12(14-9-15-16)8-13(17)6-5-10(2)7-11(13)3/h9-11,17H,4-8H2,1-3H3. The summed E-state index contributed by atoms with van der Waals surface area (Å²) in [4.78, 5) is 4.27. The Bertz CT molecular complexity index is 376. The predicted octanol–water partition coefficient (Wildman–Crippen LogP) is 2.03. The molecule has 1 saturated carbocycles. The van der Waals surface area contributed by atoms with E-state index in [1.165, 1.54) is 0 Å². The zero-order valence-electron chi connectivity index (χ0n) is 11.1. The molecular weight excluding hydrogens is 214 g/mol. The van der Waals surface area contributed by atoms with Gasteiger partial charge in [0.25, 0.3) is 0 Å². The molecule has 4 nitrogen and oxygen atoms in total. The van der Waals surface area contributed by atoms with Crippen LogP contribution in [-0.2, 0) is 13.0 Å². The van der Waals surface area contributed by atoms with Gasteiger partial charge in [-0.05, 0) is 38.0 Å². The molecule has 1 aromatic rings. The second kappa shape index (κ2) is 4.77. The highest BCUT2D eigenvalue weighted by atomic mass is 16.3. The van der Waals surface area contributed by atoms with E-state index in [4.69, 9.17) is 0 Å². The van der Waals surface area contributed by atoms with E-state index < -0.39 is 5.60 Å². The average Bonchev–Trinajstić information content (AvgIpc) is 2.72. The summed E-state index contributed by atoms with van der Waals surface area (Å²) in [6.45, 7) is 7.29. The van der Waals surface area contributed by atoms with Crippen LogP contribution in [0.25, 0.3) is 0 Å². The Morgan fingerprint density at radius 3 is 2.94 bits per heavy atom. The summed E-state index contributed by atoms with van der Waals surface area (Å²) < 4.78 is 1.88. The van der Waals surface area contributed by atoms with Crippen LogP contribution in [0, 0.1) is 11.8 Å². The van der Waals surface area contributed by atoms with Crippen molar-refractivity contribution in [2.24, 2.45) is 11.8 Å². The number of hydrogen-bond acceptors (Lipinski definition) is 3. The molecule has 2 rings (SSSR count). The van der Waals surface area contributed by atoms with E-state index >= 15 is 0 Å². The molecule has 1 fully saturated rings. The Morgan fingerprint density at radius 2 is 2.29 bits per heavy atom. The maximum atomic E-state index is 10.8. The smallest absolute Gasteiger partial charge is 0.138 e. The number of hydrogen-bond donors (Lipinski definition) is 1. The molecule has 0 amide bonds. The number of aromatic nitrogens is 3. The highest BCUT2D eigenvalue weighted by Gasteiger charge is 2.39. The third-order valence-electron chi connectivity index (χ3n) is 4.20. The van der Waals surface area contributed by atoms with Gasteiger partial charge in [0.05, 0.1) is 5.60 Å². The van der Waals surface area contributed by atoms with Crippen molar-refractivity contribution in [1.29, 1.82) is 0 Å². The second-order valence-corrected chi connectivity index (χ2v) is 5.55. The molecule has 3 atom stereocenters. The number of aliphatic hydroxyl groups is 1. The van der Waals surface area contributed by atoms with Crippen molar-refractivity contribution < 1.29 is 5.11 Å². The van der Waals surface area contributed by atoms with Gasteiger partial charge >= 0.3 is 0 Å². The van der Waals surface area contributed by atoms with Crippen LogP contribution in [0.3, 0.4) is 0 Å². The summed E-state index contributed by atoms with van der Waals surface area (Å²) in [5.74, 6) is 1.99. The molecular formula is C13H23N3O. The summed E-state index contributed by atoms with van der Waals surface area (Å²) in [6.07, 6.45) is 5.32. The Balaban J connectivity index is 2.11. The van der Waals surface area contributed by atoms with Gasteiger partial charge in [-0.2, -0.15) is 5.10 Å². The van der Waals surface area contributed by atoms with Crippen molar-refractivity contribution in [3.8, 4) is 0 Å². The predicted molar refractivity (Wildman–Crippen MR) is 66.5 cm³/mol. The zero-order valence-corrected chi connectivity index (χ0v) is 11.1. The fourth-order valence-electron chi connectivity index (χ4n) is 2.91. The number of aryl methyl sites for hydroxylation is 1. The average molecular weight is 237 g/mol. The molecule has 0 bridgehead atoms. The van der Waals surface area contributed by atoms with Gasteiger partial charge in [0.2, 0.25) is 0 Å². The lowest BCUT2D eigenvalue weighted by atomic mass is 9.70. The highest BCUT2D eigenvalue weighted by Crippen LogP contribution is 2.38. The third-order valence-corrected chi connectivity index (χ3v) is 4.20. The van der Waals surface area contributed by atoms with Crippen LogP contribution < -0.4 is 0 Å². The van der Waals surface area contributed by atoms with Crippen molar-refractivity contribution in [1.82, 2.24) is 14.8 Å². The summed E-state index contributed by atoms with van der Waals surface area (Å²) in [5, 5.41) is 14.9. The highest BCUT2D eigenvalue weighted by molar-refractivity contribution is 4.99. The summed E-state index contributed by atoms with van der Waals surface area (Å²) >= 11 is 0. The van der Waals surface area contributed by atoms with Crippen LogP contribution in [0.2, 0.25) is 0 Å². The summed E-state index contributed by atoms with van der Waals surface area (Å²) in [7, 11) is 0. The minimum Gasteiger partial charge on any atom is -0.389 e. The Hall–Kier alpha value is -0.900. The van der Waals surface area contributed by atoms with Crippen LogP contribution >= 0.6 is 0 Å². The van der Waals surface area contributed by atoms with Gasteiger partial charge in [-0.1, -0.05) is 13.8 Å². The van der Waals surface area contributed by atoms with Gasteiger partial charge < -0.3 is 5.11 Å². The largest absolute Gasteiger partial charge is 0.389 e. The van der Waals surface area contributed by atoms with E-state index in [-0.39, 0.29) is 0 Å². The van der Waals surface area contributed by atoms with E-state index in [2.05, 4.69) is 30.9 Å². The monoisotopic (exact) mass is 237 g/mol. The molecule has 1 N–H and O–H groups in total. The summed E-state index contributed by atoms with van der Waals surface area (Å²) in [5.41, 5.74) is -0.591. The van der Waals surface area contributed by atoms with Crippen LogP contribution in [0.15, 0.2) is 6.33 Å². The van der Waals surface area contributed by atoms with Crippen LogP contribution in [-0.4, -0.2) is 25.5 Å². The SMILES string of the molecule is CCn1ncnc1CC1(O)CCC(C)CC1C. The molecule has 0 saturated heterocycles. The topological polar surface area (TPSA) is 50.9 Å². The first kappa shape index (κ1) is 12.6. The third kappa shape index (κ3) is 2.51. The van der Waals surface area contributed by atoms with Gasteiger partial charge in [-0.15, -0.1) is 0 Å². The number of rotatable bonds is 3.